The highest BCUT2D eigenvalue weighted by molar-refractivity contribution is 6.31. The quantitative estimate of drug-likeness (QED) is 0.761. The molecule has 80 valence electrons. The molecule has 0 atom stereocenters. The maximum Gasteiger partial charge on any atom is 0.204 e. The van der Waals surface area contributed by atoms with Crippen LogP contribution in [0.4, 0.5) is 0 Å². The molecule has 4 nitrogen and oxygen atoms in total. The average Bonchev–Trinajstić information content (AvgIpc) is 2.33. The molecule has 0 spiro atoms. The van der Waals surface area contributed by atoms with Gasteiger partial charge >= 0.3 is 0 Å². The van der Waals surface area contributed by atoms with Gasteiger partial charge < -0.3 is 0 Å². The Balaban J connectivity index is 2.18. The number of ketones is 1. The Labute approximate surface area is 97.3 Å². The number of aromatic nitrogens is 3. The third kappa shape index (κ3) is 2.41. The summed E-state index contributed by atoms with van der Waals surface area (Å²) in [5.74, 6) is 0.0454. The average molecular weight is 234 g/mol. The molecule has 0 radical (unpaired) electrons. The molecule has 2 rings (SSSR count). The summed E-state index contributed by atoms with van der Waals surface area (Å²) in [5.41, 5.74) is 0.731. The number of hydrogen-bond donors (Lipinski definition) is 0. The number of nitrogens with zero attached hydrogens (tertiary/aromatic N) is 3. The second-order valence-corrected chi connectivity index (χ2v) is 3.55. The van der Waals surface area contributed by atoms with Gasteiger partial charge in [0.1, 0.15) is 0 Å². The lowest BCUT2D eigenvalue weighted by atomic mass is 10.1. The highest BCUT2D eigenvalue weighted by Gasteiger charge is 2.11. The van der Waals surface area contributed by atoms with Crippen LogP contribution >= 0.6 is 11.6 Å². The SMILES string of the molecule is O=C(Cc1ccncc1Cl)c1ncccn1. The van der Waals surface area contributed by atoms with Crippen molar-refractivity contribution in [2.45, 2.75) is 6.42 Å². The summed E-state index contributed by atoms with van der Waals surface area (Å²) < 4.78 is 0. The highest BCUT2D eigenvalue weighted by atomic mass is 35.5. The minimum Gasteiger partial charge on any atom is -0.290 e. The Morgan fingerprint density at radius 1 is 1.25 bits per heavy atom. The molecule has 16 heavy (non-hydrogen) atoms. The van der Waals surface area contributed by atoms with E-state index in [-0.39, 0.29) is 18.0 Å². The fourth-order valence-electron chi connectivity index (χ4n) is 1.24. The fourth-order valence-corrected chi connectivity index (χ4v) is 1.43. The fraction of sp³-hybridized carbons (Fsp3) is 0.0909. The first-order valence-corrected chi connectivity index (χ1v) is 5.04. The summed E-state index contributed by atoms with van der Waals surface area (Å²) in [6.07, 6.45) is 6.37. The number of Topliss-reactive ketones (excluding diaryl/α,β-unsaturated/α-hetero) is 1. The van der Waals surface area contributed by atoms with E-state index in [0.29, 0.717) is 5.02 Å². The van der Waals surface area contributed by atoms with E-state index in [1.54, 1.807) is 18.3 Å². The number of rotatable bonds is 3. The molecule has 2 aromatic rings. The third-order valence-corrected chi connectivity index (χ3v) is 2.36. The third-order valence-electron chi connectivity index (χ3n) is 2.02. The van der Waals surface area contributed by atoms with Gasteiger partial charge in [-0.25, -0.2) is 9.97 Å². The van der Waals surface area contributed by atoms with Gasteiger partial charge in [0.25, 0.3) is 0 Å². The first kappa shape index (κ1) is 10.7. The smallest absolute Gasteiger partial charge is 0.204 e. The van der Waals surface area contributed by atoms with E-state index in [0.717, 1.165) is 5.56 Å². The van der Waals surface area contributed by atoms with Gasteiger partial charge in [-0.3, -0.25) is 9.78 Å². The molecular formula is C11H8ClN3O. The summed E-state index contributed by atoms with van der Waals surface area (Å²) in [7, 11) is 0. The zero-order valence-electron chi connectivity index (χ0n) is 8.30. The molecule has 0 aliphatic rings. The standard InChI is InChI=1S/C11H8ClN3O/c12-9-7-13-5-2-8(9)6-10(16)11-14-3-1-4-15-11/h1-5,7H,6H2. The monoisotopic (exact) mass is 233 g/mol. The van der Waals surface area contributed by atoms with Crippen molar-refractivity contribution < 1.29 is 4.79 Å². The van der Waals surface area contributed by atoms with E-state index in [4.69, 9.17) is 11.6 Å². The molecule has 0 saturated carbocycles. The first-order chi connectivity index (χ1) is 7.77. The summed E-state index contributed by atoms with van der Waals surface area (Å²) in [6.45, 7) is 0. The second-order valence-electron chi connectivity index (χ2n) is 3.14. The van der Waals surface area contributed by atoms with E-state index in [1.807, 2.05) is 0 Å². The normalized spacial score (nSPS) is 10.1. The van der Waals surface area contributed by atoms with E-state index >= 15 is 0 Å². The minimum atomic E-state index is -0.159. The molecule has 5 heteroatoms. The van der Waals surface area contributed by atoms with Crippen LogP contribution in [0.3, 0.4) is 0 Å². The van der Waals surface area contributed by atoms with Gasteiger partial charge in [0, 0.05) is 31.2 Å². The lowest BCUT2D eigenvalue weighted by molar-refractivity contribution is 0.0983. The molecule has 0 unspecified atom stereocenters. The van der Waals surface area contributed by atoms with Crippen molar-refractivity contribution in [2.75, 3.05) is 0 Å². The number of halogens is 1. The van der Waals surface area contributed by atoms with Gasteiger partial charge in [-0.1, -0.05) is 11.6 Å². The zero-order valence-corrected chi connectivity index (χ0v) is 9.05. The summed E-state index contributed by atoms with van der Waals surface area (Å²) >= 11 is 5.90. The van der Waals surface area contributed by atoms with Crippen molar-refractivity contribution in [3.05, 3.63) is 53.3 Å². The summed E-state index contributed by atoms with van der Waals surface area (Å²) in [5, 5.41) is 0.479. The van der Waals surface area contributed by atoms with Crippen LogP contribution in [0.1, 0.15) is 16.2 Å². The van der Waals surface area contributed by atoms with Crippen molar-refractivity contribution in [3.8, 4) is 0 Å². The topological polar surface area (TPSA) is 55.7 Å². The lowest BCUT2D eigenvalue weighted by Gasteiger charge is -2.01. The van der Waals surface area contributed by atoms with Crippen molar-refractivity contribution in [3.63, 3.8) is 0 Å². The highest BCUT2D eigenvalue weighted by Crippen LogP contribution is 2.14. The zero-order chi connectivity index (χ0) is 11.4. The number of pyridine rings is 1. The molecule has 0 bridgehead atoms. The largest absolute Gasteiger partial charge is 0.290 e. The van der Waals surface area contributed by atoms with Gasteiger partial charge in [0.15, 0.2) is 5.82 Å². The predicted octanol–water partition coefficient (Wildman–Crippen LogP) is 1.95. The number of carbonyl (C=O) groups is 1. The Bertz CT molecular complexity index is 502. The molecule has 0 aliphatic heterocycles. The molecule has 0 fully saturated rings. The van der Waals surface area contributed by atoms with Crippen LogP contribution in [0.25, 0.3) is 0 Å². The van der Waals surface area contributed by atoms with Crippen LogP contribution in [-0.2, 0) is 6.42 Å². The van der Waals surface area contributed by atoms with E-state index in [9.17, 15) is 4.79 Å². The second kappa shape index (κ2) is 4.81. The van der Waals surface area contributed by atoms with E-state index < -0.39 is 0 Å². The summed E-state index contributed by atoms with van der Waals surface area (Å²) in [4.78, 5) is 23.4. The van der Waals surface area contributed by atoms with Crippen LogP contribution in [0.2, 0.25) is 5.02 Å². The molecule has 0 amide bonds. The first-order valence-electron chi connectivity index (χ1n) is 4.66. The Kier molecular flexibility index (Phi) is 3.22. The summed E-state index contributed by atoms with van der Waals surface area (Å²) in [6, 6.07) is 3.37. The van der Waals surface area contributed by atoms with Crippen LogP contribution in [0.15, 0.2) is 36.9 Å². The molecule has 0 N–H and O–H groups in total. The molecule has 0 aromatic carbocycles. The molecule has 0 aliphatic carbocycles. The van der Waals surface area contributed by atoms with Crippen molar-refractivity contribution in [2.24, 2.45) is 0 Å². The molecule has 2 heterocycles. The van der Waals surface area contributed by atoms with Crippen LogP contribution in [-0.4, -0.2) is 20.7 Å². The van der Waals surface area contributed by atoms with Gasteiger partial charge in [-0.2, -0.15) is 0 Å². The van der Waals surface area contributed by atoms with Crippen LogP contribution in [0, 0.1) is 0 Å². The van der Waals surface area contributed by atoms with Gasteiger partial charge in [-0.05, 0) is 17.7 Å². The minimum absolute atomic E-state index is 0.159. The van der Waals surface area contributed by atoms with Gasteiger partial charge in [-0.15, -0.1) is 0 Å². The number of carbonyl (C=O) groups excluding carboxylic acids is 1. The maximum atomic E-state index is 11.8. The van der Waals surface area contributed by atoms with Crippen molar-refractivity contribution in [1.82, 2.24) is 15.0 Å². The lowest BCUT2D eigenvalue weighted by Crippen LogP contribution is -2.08. The molecular weight excluding hydrogens is 226 g/mol. The molecule has 0 saturated heterocycles. The number of hydrogen-bond acceptors (Lipinski definition) is 4. The maximum absolute atomic E-state index is 11.8. The van der Waals surface area contributed by atoms with Crippen molar-refractivity contribution >= 4 is 17.4 Å². The molecule has 2 aromatic heterocycles. The Morgan fingerprint density at radius 2 is 2.00 bits per heavy atom. The van der Waals surface area contributed by atoms with E-state index in [1.165, 1.54) is 18.6 Å². The Morgan fingerprint density at radius 3 is 2.69 bits per heavy atom. The van der Waals surface area contributed by atoms with Crippen LogP contribution < -0.4 is 0 Å². The van der Waals surface area contributed by atoms with Crippen LogP contribution in [0.5, 0.6) is 0 Å². The van der Waals surface area contributed by atoms with Crippen molar-refractivity contribution in [1.29, 1.82) is 0 Å². The van der Waals surface area contributed by atoms with Gasteiger partial charge in [0.2, 0.25) is 5.78 Å². The van der Waals surface area contributed by atoms with Gasteiger partial charge in [0.05, 0.1) is 5.02 Å². The predicted molar refractivity (Wildman–Crippen MR) is 59.3 cm³/mol. The van der Waals surface area contributed by atoms with E-state index in [2.05, 4.69) is 15.0 Å². The Hall–Kier alpha value is -1.81.